The molecule has 0 N–H and O–H groups in total. The van der Waals surface area contributed by atoms with E-state index in [1.807, 2.05) is 4.90 Å². The summed E-state index contributed by atoms with van der Waals surface area (Å²) >= 11 is 0. The second-order valence-corrected chi connectivity index (χ2v) is 6.42. The second-order valence-electron chi connectivity index (χ2n) is 6.42. The number of pyridine rings is 1. The smallest absolute Gasteiger partial charge is 0.417 e. The molecule has 0 atom stereocenters. The van der Waals surface area contributed by atoms with Gasteiger partial charge in [0.2, 0.25) is 0 Å². The summed E-state index contributed by atoms with van der Waals surface area (Å²) in [6.07, 6.45) is -3.56. The van der Waals surface area contributed by atoms with E-state index in [2.05, 4.69) is 9.88 Å². The molecule has 2 heterocycles. The summed E-state index contributed by atoms with van der Waals surface area (Å²) < 4.78 is 43.2. The Morgan fingerprint density at radius 2 is 1.89 bits per heavy atom. The molecule has 0 radical (unpaired) electrons. The SMILES string of the molecule is COc1ccc([N+](=O)[O-])cc1CN1CCN(c2ccc(C(F)(F)F)cn2)CC1. The Bertz CT molecular complexity index is 835. The quantitative estimate of drug-likeness (QED) is 0.570. The van der Waals surface area contributed by atoms with Crippen LogP contribution in [0.5, 0.6) is 5.75 Å². The van der Waals surface area contributed by atoms with Crippen LogP contribution in [0.4, 0.5) is 24.7 Å². The molecule has 1 saturated heterocycles. The Kier molecular flexibility index (Phi) is 5.68. The highest BCUT2D eigenvalue weighted by Crippen LogP contribution is 2.30. The van der Waals surface area contributed by atoms with E-state index >= 15 is 0 Å². The van der Waals surface area contributed by atoms with Gasteiger partial charge in [-0.25, -0.2) is 4.98 Å². The summed E-state index contributed by atoms with van der Waals surface area (Å²) in [4.78, 5) is 18.5. The van der Waals surface area contributed by atoms with Crippen LogP contribution in [0.15, 0.2) is 36.5 Å². The highest BCUT2D eigenvalue weighted by molar-refractivity contribution is 5.44. The second kappa shape index (κ2) is 8.01. The van der Waals surface area contributed by atoms with Gasteiger partial charge in [-0.3, -0.25) is 15.0 Å². The standard InChI is InChI=1S/C18H19F3N4O3/c1-28-16-4-3-15(25(26)27)10-13(16)12-23-6-8-24(9-7-23)17-5-2-14(11-22-17)18(19,20)21/h2-5,10-11H,6-9,12H2,1H3. The van der Waals surface area contributed by atoms with Gasteiger partial charge in [0.15, 0.2) is 0 Å². The van der Waals surface area contributed by atoms with Gasteiger partial charge >= 0.3 is 6.18 Å². The number of non-ortho nitro benzene ring substituents is 1. The first-order valence-corrected chi connectivity index (χ1v) is 8.60. The van der Waals surface area contributed by atoms with Crippen molar-refractivity contribution in [3.05, 3.63) is 57.8 Å². The predicted octanol–water partition coefficient (Wildman–Crippen LogP) is 3.34. The molecular formula is C18H19F3N4O3. The van der Waals surface area contributed by atoms with Gasteiger partial charge < -0.3 is 9.64 Å². The highest BCUT2D eigenvalue weighted by atomic mass is 19.4. The summed E-state index contributed by atoms with van der Waals surface area (Å²) in [6.45, 7) is 2.97. The van der Waals surface area contributed by atoms with Crippen molar-refractivity contribution in [2.75, 3.05) is 38.2 Å². The van der Waals surface area contributed by atoms with Crippen molar-refractivity contribution in [2.24, 2.45) is 0 Å². The Morgan fingerprint density at radius 1 is 1.18 bits per heavy atom. The first kappa shape index (κ1) is 19.9. The fourth-order valence-corrected chi connectivity index (χ4v) is 3.12. The predicted molar refractivity (Wildman–Crippen MR) is 96.4 cm³/mol. The van der Waals surface area contributed by atoms with E-state index in [0.717, 1.165) is 17.8 Å². The maximum atomic E-state index is 12.6. The van der Waals surface area contributed by atoms with Crippen molar-refractivity contribution in [3.63, 3.8) is 0 Å². The Balaban J connectivity index is 1.63. The molecule has 0 unspecified atom stereocenters. The van der Waals surface area contributed by atoms with Crippen LogP contribution < -0.4 is 9.64 Å². The summed E-state index contributed by atoms with van der Waals surface area (Å²) in [5.41, 5.74) is -0.0474. The van der Waals surface area contributed by atoms with Crippen LogP contribution in [-0.4, -0.2) is 48.1 Å². The molecule has 0 spiro atoms. The fourth-order valence-electron chi connectivity index (χ4n) is 3.12. The molecular weight excluding hydrogens is 377 g/mol. The summed E-state index contributed by atoms with van der Waals surface area (Å²) in [6, 6.07) is 6.89. The minimum absolute atomic E-state index is 0.00314. The number of nitro groups is 1. The molecule has 1 aliphatic heterocycles. The zero-order valence-corrected chi connectivity index (χ0v) is 15.1. The number of alkyl halides is 3. The largest absolute Gasteiger partial charge is 0.496 e. The third-order valence-corrected chi connectivity index (χ3v) is 4.64. The average molecular weight is 396 g/mol. The van der Waals surface area contributed by atoms with Crippen molar-refractivity contribution in [3.8, 4) is 5.75 Å². The normalized spacial score (nSPS) is 15.5. The molecule has 1 fully saturated rings. The number of rotatable bonds is 5. The van der Waals surface area contributed by atoms with Crippen molar-refractivity contribution in [1.29, 1.82) is 0 Å². The Morgan fingerprint density at radius 3 is 2.43 bits per heavy atom. The van der Waals surface area contributed by atoms with Gasteiger partial charge in [0.25, 0.3) is 5.69 Å². The number of benzene rings is 1. The first-order chi connectivity index (χ1) is 13.3. The van der Waals surface area contributed by atoms with Gasteiger partial charge in [-0.15, -0.1) is 0 Å². The number of methoxy groups -OCH3 is 1. The van der Waals surface area contributed by atoms with E-state index in [9.17, 15) is 23.3 Å². The van der Waals surface area contributed by atoms with Crippen LogP contribution in [0.3, 0.4) is 0 Å². The minimum atomic E-state index is -4.40. The number of nitrogens with zero attached hydrogens (tertiary/aromatic N) is 4. The Labute approximate surface area is 159 Å². The van der Waals surface area contributed by atoms with Crippen LogP contribution in [0.2, 0.25) is 0 Å². The lowest BCUT2D eigenvalue weighted by Gasteiger charge is -2.35. The summed E-state index contributed by atoms with van der Waals surface area (Å²) in [7, 11) is 1.51. The monoisotopic (exact) mass is 396 g/mol. The van der Waals surface area contributed by atoms with Crippen molar-refractivity contribution < 1.29 is 22.8 Å². The molecule has 0 saturated carbocycles. The molecule has 28 heavy (non-hydrogen) atoms. The van der Waals surface area contributed by atoms with E-state index in [-0.39, 0.29) is 5.69 Å². The van der Waals surface area contributed by atoms with E-state index in [1.54, 1.807) is 6.07 Å². The van der Waals surface area contributed by atoms with E-state index in [1.165, 1.54) is 25.3 Å². The molecule has 7 nitrogen and oxygen atoms in total. The average Bonchev–Trinajstić information content (AvgIpc) is 2.68. The number of anilines is 1. The van der Waals surface area contributed by atoms with Crippen LogP contribution in [-0.2, 0) is 12.7 Å². The van der Waals surface area contributed by atoms with Gasteiger partial charge in [-0.1, -0.05) is 0 Å². The number of nitro benzene ring substituents is 1. The molecule has 0 aliphatic carbocycles. The number of halogens is 3. The molecule has 1 aromatic heterocycles. The van der Waals surface area contributed by atoms with Crippen LogP contribution in [0.1, 0.15) is 11.1 Å². The van der Waals surface area contributed by atoms with Gasteiger partial charge in [0.1, 0.15) is 11.6 Å². The van der Waals surface area contributed by atoms with E-state index in [4.69, 9.17) is 4.74 Å². The maximum Gasteiger partial charge on any atom is 0.417 e. The van der Waals surface area contributed by atoms with Crippen LogP contribution in [0.25, 0.3) is 0 Å². The number of hydrogen-bond acceptors (Lipinski definition) is 6. The molecule has 150 valence electrons. The molecule has 0 bridgehead atoms. The molecule has 1 aliphatic rings. The number of ether oxygens (including phenoxy) is 1. The maximum absolute atomic E-state index is 12.6. The molecule has 10 heteroatoms. The number of piperazine rings is 1. The summed E-state index contributed by atoms with van der Waals surface area (Å²) in [5, 5.41) is 11.0. The van der Waals surface area contributed by atoms with Crippen molar-refractivity contribution >= 4 is 11.5 Å². The lowest BCUT2D eigenvalue weighted by Crippen LogP contribution is -2.46. The van der Waals surface area contributed by atoms with E-state index in [0.29, 0.717) is 44.3 Å². The van der Waals surface area contributed by atoms with Crippen molar-refractivity contribution in [1.82, 2.24) is 9.88 Å². The zero-order valence-electron chi connectivity index (χ0n) is 15.1. The van der Waals surface area contributed by atoms with Crippen molar-refractivity contribution in [2.45, 2.75) is 12.7 Å². The lowest BCUT2D eigenvalue weighted by atomic mass is 10.1. The molecule has 1 aromatic carbocycles. The third kappa shape index (κ3) is 4.50. The minimum Gasteiger partial charge on any atom is -0.496 e. The lowest BCUT2D eigenvalue weighted by molar-refractivity contribution is -0.385. The van der Waals surface area contributed by atoms with Gasteiger partial charge in [-0.05, 0) is 18.2 Å². The molecule has 3 rings (SSSR count). The summed E-state index contributed by atoms with van der Waals surface area (Å²) in [5.74, 6) is 1.08. The molecule has 2 aromatic rings. The topological polar surface area (TPSA) is 71.7 Å². The Hall–Kier alpha value is -2.88. The van der Waals surface area contributed by atoms with Gasteiger partial charge in [0.05, 0.1) is 17.6 Å². The van der Waals surface area contributed by atoms with Gasteiger partial charge in [-0.2, -0.15) is 13.2 Å². The first-order valence-electron chi connectivity index (χ1n) is 8.60. The number of aromatic nitrogens is 1. The van der Waals surface area contributed by atoms with Crippen LogP contribution in [0, 0.1) is 10.1 Å². The molecule has 0 amide bonds. The fraction of sp³-hybridized carbons (Fsp3) is 0.389. The third-order valence-electron chi connectivity index (χ3n) is 4.64. The zero-order chi connectivity index (χ0) is 20.3. The highest BCUT2D eigenvalue weighted by Gasteiger charge is 2.31. The number of hydrogen-bond donors (Lipinski definition) is 0. The van der Waals surface area contributed by atoms with E-state index < -0.39 is 16.7 Å². The van der Waals surface area contributed by atoms with Gasteiger partial charge in [0, 0.05) is 56.6 Å². The van der Waals surface area contributed by atoms with Crippen LogP contribution >= 0.6 is 0 Å².